The summed E-state index contributed by atoms with van der Waals surface area (Å²) in [4.78, 5) is 26.1. The van der Waals surface area contributed by atoms with Gasteiger partial charge < -0.3 is 15.0 Å². The van der Waals surface area contributed by atoms with Gasteiger partial charge in [0.15, 0.2) is 0 Å². The highest BCUT2D eigenvalue weighted by Gasteiger charge is 2.24. The zero-order valence-corrected chi connectivity index (χ0v) is 15.3. The fourth-order valence-electron chi connectivity index (χ4n) is 3.32. The molecule has 0 unspecified atom stereocenters. The van der Waals surface area contributed by atoms with Crippen LogP contribution in [0.25, 0.3) is 0 Å². The summed E-state index contributed by atoms with van der Waals surface area (Å²) in [6, 6.07) is 13.5. The van der Waals surface area contributed by atoms with Crippen molar-refractivity contribution in [3.63, 3.8) is 0 Å². The minimum atomic E-state index is -0.392. The first-order valence-corrected chi connectivity index (χ1v) is 9.05. The number of carbonyl (C=O) groups excluding carboxylic acids is 2. The molecule has 27 heavy (non-hydrogen) atoms. The Bertz CT molecular complexity index is 801. The first-order valence-electron chi connectivity index (χ1n) is 9.05. The number of rotatable bonds is 5. The molecule has 1 N–H and O–H groups in total. The number of hydrogen-bond donors (Lipinski definition) is 1. The lowest BCUT2D eigenvalue weighted by Gasteiger charge is -2.33. The molecule has 0 spiro atoms. The van der Waals surface area contributed by atoms with Crippen molar-refractivity contribution >= 4 is 23.2 Å². The molecule has 0 saturated carbocycles. The second kappa shape index (κ2) is 8.77. The molecule has 1 aliphatic rings. The fraction of sp³-hybridized carbons (Fsp3) is 0.333. The van der Waals surface area contributed by atoms with Gasteiger partial charge in [0.1, 0.15) is 5.82 Å². The van der Waals surface area contributed by atoms with Crippen molar-refractivity contribution in [3.8, 4) is 0 Å². The van der Waals surface area contributed by atoms with Crippen LogP contribution in [-0.2, 0) is 20.7 Å². The molecule has 1 aliphatic heterocycles. The summed E-state index contributed by atoms with van der Waals surface area (Å²) in [5.41, 5.74) is 1.76. The predicted octanol–water partition coefficient (Wildman–Crippen LogP) is 3.54. The van der Waals surface area contributed by atoms with E-state index in [1.165, 1.54) is 6.07 Å². The van der Waals surface area contributed by atoms with Gasteiger partial charge in [-0.1, -0.05) is 18.2 Å². The number of benzene rings is 2. The first kappa shape index (κ1) is 19.0. The number of hydrogen-bond acceptors (Lipinski definition) is 3. The van der Waals surface area contributed by atoms with Gasteiger partial charge in [-0.2, -0.15) is 0 Å². The number of halogens is 1. The lowest BCUT2D eigenvalue weighted by Crippen LogP contribution is -2.42. The molecule has 5 nitrogen and oxygen atoms in total. The summed E-state index contributed by atoms with van der Waals surface area (Å²) in [5.74, 6) is -0.699. The molecular weight excluding hydrogens is 347 g/mol. The summed E-state index contributed by atoms with van der Waals surface area (Å²) < 4.78 is 19.0. The molecular formula is C21H23FN2O3. The topological polar surface area (TPSA) is 58.6 Å². The Labute approximate surface area is 158 Å². The number of nitrogens with zero attached hydrogens (tertiary/aromatic N) is 1. The van der Waals surface area contributed by atoms with Crippen LogP contribution in [0, 0.1) is 5.82 Å². The van der Waals surface area contributed by atoms with Crippen molar-refractivity contribution in [2.75, 3.05) is 23.4 Å². The zero-order valence-electron chi connectivity index (χ0n) is 15.3. The number of ether oxygens (including phenoxy) is 1. The molecule has 0 bridgehead atoms. The highest BCUT2D eigenvalue weighted by molar-refractivity contribution is 5.94. The summed E-state index contributed by atoms with van der Waals surface area (Å²) >= 11 is 0. The quantitative estimate of drug-likeness (QED) is 0.876. The van der Waals surface area contributed by atoms with E-state index in [1.54, 1.807) is 42.2 Å². The van der Waals surface area contributed by atoms with Crippen LogP contribution in [0.2, 0.25) is 0 Å². The largest absolute Gasteiger partial charge is 0.381 e. The number of amides is 2. The Morgan fingerprint density at radius 3 is 2.41 bits per heavy atom. The van der Waals surface area contributed by atoms with Gasteiger partial charge >= 0.3 is 0 Å². The Morgan fingerprint density at radius 2 is 1.78 bits per heavy atom. The van der Waals surface area contributed by atoms with Crippen LogP contribution in [0.5, 0.6) is 0 Å². The molecule has 2 aromatic rings. The van der Waals surface area contributed by atoms with Crippen molar-refractivity contribution in [2.24, 2.45) is 0 Å². The summed E-state index contributed by atoms with van der Waals surface area (Å²) in [5, 5.41) is 2.76. The molecule has 0 atom stereocenters. The minimum absolute atomic E-state index is 0.0155. The molecule has 0 aliphatic carbocycles. The van der Waals surface area contributed by atoms with Gasteiger partial charge in [0, 0.05) is 37.6 Å². The third kappa shape index (κ3) is 4.92. The van der Waals surface area contributed by atoms with Gasteiger partial charge in [-0.3, -0.25) is 9.59 Å². The second-order valence-corrected chi connectivity index (χ2v) is 6.60. The molecule has 1 saturated heterocycles. The Hall–Kier alpha value is -2.73. The second-order valence-electron chi connectivity index (χ2n) is 6.60. The molecule has 0 aromatic heterocycles. The van der Waals surface area contributed by atoms with Crippen molar-refractivity contribution in [3.05, 3.63) is 59.9 Å². The fourth-order valence-corrected chi connectivity index (χ4v) is 3.32. The average molecular weight is 370 g/mol. The highest BCUT2D eigenvalue weighted by atomic mass is 19.1. The maximum absolute atomic E-state index is 13.7. The first-order chi connectivity index (χ1) is 13.0. The smallest absolute Gasteiger partial charge is 0.228 e. The Morgan fingerprint density at radius 1 is 1.11 bits per heavy atom. The Kier molecular flexibility index (Phi) is 6.19. The van der Waals surface area contributed by atoms with E-state index in [-0.39, 0.29) is 24.3 Å². The monoisotopic (exact) mass is 370 g/mol. The van der Waals surface area contributed by atoms with Gasteiger partial charge in [0.2, 0.25) is 11.8 Å². The molecule has 3 rings (SSSR count). The maximum atomic E-state index is 13.7. The van der Waals surface area contributed by atoms with E-state index in [2.05, 4.69) is 5.32 Å². The average Bonchev–Trinajstić information content (AvgIpc) is 2.66. The molecule has 142 valence electrons. The third-order valence-corrected chi connectivity index (χ3v) is 4.63. The van der Waals surface area contributed by atoms with E-state index in [9.17, 15) is 14.0 Å². The highest BCUT2D eigenvalue weighted by Crippen LogP contribution is 2.25. The molecule has 1 fully saturated rings. The summed E-state index contributed by atoms with van der Waals surface area (Å²) in [6.07, 6.45) is 1.58. The molecule has 6 heteroatoms. The maximum Gasteiger partial charge on any atom is 0.228 e. The molecule has 2 aromatic carbocycles. The lowest BCUT2D eigenvalue weighted by molar-refractivity contribution is -0.117. The summed E-state index contributed by atoms with van der Waals surface area (Å²) in [7, 11) is 0. The number of nitrogens with one attached hydrogen (secondary N) is 1. The van der Waals surface area contributed by atoms with Crippen LogP contribution >= 0.6 is 0 Å². The van der Waals surface area contributed by atoms with E-state index >= 15 is 0 Å². The van der Waals surface area contributed by atoms with Crippen LogP contribution in [-0.4, -0.2) is 31.1 Å². The third-order valence-electron chi connectivity index (χ3n) is 4.63. The predicted molar refractivity (Wildman–Crippen MR) is 102 cm³/mol. The number of carbonyl (C=O) groups is 2. The van der Waals surface area contributed by atoms with E-state index < -0.39 is 5.82 Å². The zero-order chi connectivity index (χ0) is 19.2. The van der Waals surface area contributed by atoms with Crippen molar-refractivity contribution in [1.29, 1.82) is 0 Å². The van der Waals surface area contributed by atoms with E-state index in [0.29, 0.717) is 24.5 Å². The van der Waals surface area contributed by atoms with Gasteiger partial charge in [-0.15, -0.1) is 0 Å². The van der Waals surface area contributed by atoms with Crippen LogP contribution in [0.3, 0.4) is 0 Å². The van der Waals surface area contributed by atoms with E-state index in [4.69, 9.17) is 4.74 Å². The SMILES string of the molecule is CC(=O)N(c1ccc(NC(=O)Cc2ccccc2F)cc1)C1CCOCC1. The minimum Gasteiger partial charge on any atom is -0.381 e. The normalized spacial score (nSPS) is 14.6. The van der Waals surface area contributed by atoms with Gasteiger partial charge in [0.25, 0.3) is 0 Å². The van der Waals surface area contributed by atoms with Crippen molar-refractivity contribution in [2.45, 2.75) is 32.2 Å². The van der Waals surface area contributed by atoms with Crippen LogP contribution in [0.15, 0.2) is 48.5 Å². The summed E-state index contributed by atoms with van der Waals surface area (Å²) in [6.45, 7) is 2.86. The lowest BCUT2D eigenvalue weighted by atomic mass is 10.1. The van der Waals surface area contributed by atoms with Gasteiger partial charge in [-0.05, 0) is 48.7 Å². The van der Waals surface area contributed by atoms with E-state index in [1.807, 2.05) is 12.1 Å². The van der Waals surface area contributed by atoms with Gasteiger partial charge in [0.05, 0.1) is 6.42 Å². The van der Waals surface area contributed by atoms with Crippen LogP contribution in [0.4, 0.5) is 15.8 Å². The van der Waals surface area contributed by atoms with Gasteiger partial charge in [-0.25, -0.2) is 4.39 Å². The van der Waals surface area contributed by atoms with E-state index in [0.717, 1.165) is 18.5 Å². The molecule has 1 heterocycles. The number of anilines is 2. The van der Waals surface area contributed by atoms with Crippen molar-refractivity contribution in [1.82, 2.24) is 0 Å². The molecule has 2 amide bonds. The van der Waals surface area contributed by atoms with Crippen LogP contribution < -0.4 is 10.2 Å². The Balaban J connectivity index is 1.66. The standard InChI is InChI=1S/C21H23FN2O3/c1-15(25)24(19-10-12-27-13-11-19)18-8-6-17(7-9-18)23-21(26)14-16-4-2-3-5-20(16)22/h2-9,19H,10-14H2,1H3,(H,23,26). The van der Waals surface area contributed by atoms with Crippen LogP contribution in [0.1, 0.15) is 25.3 Å². The molecule has 0 radical (unpaired) electrons. The van der Waals surface area contributed by atoms with Crippen molar-refractivity contribution < 1.29 is 18.7 Å².